The molecular formula is C26H31Cl2N3O3SSi. The standard InChI is InChI=1S/C26H31Cl2N3O3SSi/c1-26(2,3)36(4,5)34-15-14-29-18-7-9-19(10-8-18)30-24(32)20-11-6-17(27)16-21(20)31-25(33)22-12-13-23(28)35-22/h6-13,16,29H,14-15H2,1-5H3,(H,30,32)(H,31,33). The van der Waals surface area contributed by atoms with Crippen LogP contribution in [0.4, 0.5) is 17.1 Å². The number of amides is 2. The van der Waals surface area contributed by atoms with Crippen molar-refractivity contribution in [2.45, 2.75) is 38.9 Å². The van der Waals surface area contributed by atoms with Gasteiger partial charge in [0.05, 0.1) is 27.1 Å². The Hall–Kier alpha value is -2.36. The summed E-state index contributed by atoms with van der Waals surface area (Å²) in [6.45, 7) is 12.5. The third kappa shape index (κ3) is 7.57. The molecule has 0 bridgehead atoms. The summed E-state index contributed by atoms with van der Waals surface area (Å²) in [6, 6.07) is 15.4. The summed E-state index contributed by atoms with van der Waals surface area (Å²) in [7, 11) is -1.77. The lowest BCUT2D eigenvalue weighted by Gasteiger charge is -2.36. The molecule has 0 atom stereocenters. The van der Waals surface area contributed by atoms with Crippen molar-refractivity contribution in [2.75, 3.05) is 29.1 Å². The van der Waals surface area contributed by atoms with Crippen molar-refractivity contribution in [2.24, 2.45) is 0 Å². The number of thiophene rings is 1. The van der Waals surface area contributed by atoms with Crippen molar-refractivity contribution < 1.29 is 14.0 Å². The van der Waals surface area contributed by atoms with Crippen molar-refractivity contribution >= 4 is 71.7 Å². The van der Waals surface area contributed by atoms with Crippen LogP contribution >= 0.6 is 34.5 Å². The fourth-order valence-electron chi connectivity index (χ4n) is 3.03. The number of nitrogens with one attached hydrogen (secondary N) is 3. The van der Waals surface area contributed by atoms with E-state index in [0.717, 1.165) is 17.0 Å². The van der Waals surface area contributed by atoms with Gasteiger partial charge >= 0.3 is 0 Å². The molecule has 0 fully saturated rings. The second kappa shape index (κ2) is 11.8. The largest absolute Gasteiger partial charge is 0.415 e. The molecule has 3 rings (SSSR count). The molecule has 2 aromatic carbocycles. The Morgan fingerprint density at radius 3 is 2.19 bits per heavy atom. The number of carbonyl (C=O) groups excluding carboxylic acids is 2. The van der Waals surface area contributed by atoms with Gasteiger partial charge in [0.1, 0.15) is 0 Å². The van der Waals surface area contributed by atoms with Gasteiger partial charge in [-0.05, 0) is 72.7 Å². The van der Waals surface area contributed by atoms with Gasteiger partial charge in [-0.2, -0.15) is 0 Å². The zero-order valence-corrected chi connectivity index (χ0v) is 24.3. The van der Waals surface area contributed by atoms with Gasteiger partial charge in [-0.1, -0.05) is 44.0 Å². The van der Waals surface area contributed by atoms with Crippen LogP contribution in [0.15, 0.2) is 54.6 Å². The Morgan fingerprint density at radius 2 is 1.58 bits per heavy atom. The van der Waals surface area contributed by atoms with Crippen LogP contribution in [0.25, 0.3) is 0 Å². The second-order valence-corrected chi connectivity index (χ2v) is 16.8. The molecule has 36 heavy (non-hydrogen) atoms. The van der Waals surface area contributed by atoms with E-state index in [2.05, 4.69) is 49.8 Å². The van der Waals surface area contributed by atoms with E-state index >= 15 is 0 Å². The third-order valence-corrected chi connectivity index (χ3v) is 12.1. The van der Waals surface area contributed by atoms with Crippen LogP contribution in [0.1, 0.15) is 40.8 Å². The molecule has 0 aliphatic carbocycles. The highest BCUT2D eigenvalue weighted by molar-refractivity contribution is 7.18. The molecule has 1 aromatic heterocycles. The molecule has 0 saturated heterocycles. The van der Waals surface area contributed by atoms with Gasteiger partial charge in [0.15, 0.2) is 8.32 Å². The van der Waals surface area contributed by atoms with Crippen LogP contribution < -0.4 is 16.0 Å². The van der Waals surface area contributed by atoms with E-state index in [0.29, 0.717) is 44.3 Å². The molecule has 192 valence electrons. The fourth-order valence-corrected chi connectivity index (χ4v) is 5.18. The predicted octanol–water partition coefficient (Wildman–Crippen LogP) is 7.99. The van der Waals surface area contributed by atoms with E-state index in [9.17, 15) is 9.59 Å². The Bertz CT molecular complexity index is 1220. The monoisotopic (exact) mass is 563 g/mol. The molecule has 0 aliphatic heterocycles. The number of rotatable bonds is 9. The molecule has 2 amide bonds. The van der Waals surface area contributed by atoms with Crippen molar-refractivity contribution in [3.63, 3.8) is 0 Å². The average Bonchev–Trinajstić information content (AvgIpc) is 3.23. The Balaban J connectivity index is 1.59. The van der Waals surface area contributed by atoms with Crippen LogP contribution in [0.2, 0.25) is 27.5 Å². The summed E-state index contributed by atoms with van der Waals surface area (Å²) in [6.07, 6.45) is 0. The van der Waals surface area contributed by atoms with E-state index in [4.69, 9.17) is 27.6 Å². The van der Waals surface area contributed by atoms with Gasteiger partial charge in [0.25, 0.3) is 11.8 Å². The zero-order chi connectivity index (χ0) is 26.5. The lowest BCUT2D eigenvalue weighted by atomic mass is 10.1. The van der Waals surface area contributed by atoms with E-state index in [1.165, 1.54) is 0 Å². The normalized spacial score (nSPS) is 11.8. The third-order valence-electron chi connectivity index (χ3n) is 6.11. The van der Waals surface area contributed by atoms with Gasteiger partial charge < -0.3 is 20.4 Å². The minimum Gasteiger partial charge on any atom is -0.415 e. The highest BCUT2D eigenvalue weighted by atomic mass is 35.5. The number of hydrogen-bond donors (Lipinski definition) is 3. The van der Waals surface area contributed by atoms with Crippen LogP contribution in [0.3, 0.4) is 0 Å². The van der Waals surface area contributed by atoms with Crippen LogP contribution in [0.5, 0.6) is 0 Å². The summed E-state index contributed by atoms with van der Waals surface area (Å²) in [5.41, 5.74) is 2.16. The molecule has 6 nitrogen and oxygen atoms in total. The number of carbonyl (C=O) groups is 2. The molecule has 0 saturated carbocycles. The van der Waals surface area contributed by atoms with Crippen molar-refractivity contribution in [3.8, 4) is 0 Å². The topological polar surface area (TPSA) is 79.5 Å². The minimum absolute atomic E-state index is 0.178. The van der Waals surface area contributed by atoms with E-state index in [-0.39, 0.29) is 16.9 Å². The summed E-state index contributed by atoms with van der Waals surface area (Å²) in [5.74, 6) is -0.731. The predicted molar refractivity (Wildman–Crippen MR) is 155 cm³/mol. The highest BCUT2D eigenvalue weighted by Gasteiger charge is 2.36. The first-order valence-corrected chi connectivity index (χ1v) is 16.0. The fraction of sp³-hybridized carbons (Fsp3) is 0.308. The molecule has 0 radical (unpaired) electrons. The molecule has 0 aliphatic rings. The van der Waals surface area contributed by atoms with Gasteiger partial charge in [-0.25, -0.2) is 0 Å². The molecule has 1 heterocycles. The molecule has 3 N–H and O–H groups in total. The Kier molecular flexibility index (Phi) is 9.24. The van der Waals surface area contributed by atoms with Gasteiger partial charge in [-0.3, -0.25) is 9.59 Å². The first-order valence-electron chi connectivity index (χ1n) is 11.5. The molecule has 0 unspecified atom stereocenters. The maximum atomic E-state index is 13.0. The van der Waals surface area contributed by atoms with E-state index < -0.39 is 8.32 Å². The number of hydrogen-bond acceptors (Lipinski definition) is 5. The zero-order valence-electron chi connectivity index (χ0n) is 21.0. The van der Waals surface area contributed by atoms with Crippen LogP contribution in [0, 0.1) is 0 Å². The summed E-state index contributed by atoms with van der Waals surface area (Å²) in [5, 5.41) is 9.55. The summed E-state index contributed by atoms with van der Waals surface area (Å²) in [4.78, 5) is 26.0. The maximum absolute atomic E-state index is 13.0. The van der Waals surface area contributed by atoms with Gasteiger partial charge in [0.2, 0.25) is 0 Å². The molecule has 10 heteroatoms. The Morgan fingerprint density at radius 1 is 0.917 bits per heavy atom. The average molecular weight is 565 g/mol. The molecule has 0 spiro atoms. The van der Waals surface area contributed by atoms with Gasteiger partial charge in [0, 0.05) is 22.9 Å². The summed E-state index contributed by atoms with van der Waals surface area (Å²) < 4.78 is 6.70. The lowest BCUT2D eigenvalue weighted by molar-refractivity contribution is 0.102. The lowest BCUT2D eigenvalue weighted by Crippen LogP contribution is -2.41. The van der Waals surface area contributed by atoms with Gasteiger partial charge in [-0.15, -0.1) is 11.3 Å². The van der Waals surface area contributed by atoms with Crippen molar-refractivity contribution in [1.29, 1.82) is 0 Å². The van der Waals surface area contributed by atoms with E-state index in [1.54, 1.807) is 30.3 Å². The Labute approximate surface area is 227 Å². The summed E-state index contributed by atoms with van der Waals surface area (Å²) >= 11 is 13.2. The number of anilines is 3. The maximum Gasteiger partial charge on any atom is 0.265 e. The van der Waals surface area contributed by atoms with Crippen molar-refractivity contribution in [3.05, 3.63) is 74.4 Å². The molecular weight excluding hydrogens is 533 g/mol. The van der Waals surface area contributed by atoms with Crippen molar-refractivity contribution in [1.82, 2.24) is 0 Å². The number of benzene rings is 2. The van der Waals surface area contributed by atoms with E-state index in [1.807, 2.05) is 24.3 Å². The number of halogens is 2. The quantitative estimate of drug-likeness (QED) is 0.182. The smallest absolute Gasteiger partial charge is 0.265 e. The first-order chi connectivity index (χ1) is 16.9. The second-order valence-electron chi connectivity index (χ2n) is 9.81. The first kappa shape index (κ1) is 28.2. The SMILES string of the molecule is CC(C)(C)[Si](C)(C)OCCNc1ccc(NC(=O)c2ccc(Cl)cc2NC(=O)c2ccc(Cl)s2)cc1. The van der Waals surface area contributed by atoms with Crippen LogP contribution in [-0.2, 0) is 4.43 Å². The van der Waals surface area contributed by atoms with Crippen LogP contribution in [-0.4, -0.2) is 33.3 Å². The minimum atomic E-state index is -1.77. The highest BCUT2D eigenvalue weighted by Crippen LogP contribution is 2.36. The molecule has 3 aromatic rings.